The van der Waals surface area contributed by atoms with E-state index in [1.165, 1.54) is 6.08 Å². The van der Waals surface area contributed by atoms with Gasteiger partial charge >= 0.3 is 0 Å². The fraction of sp³-hybridized carbons (Fsp3) is 0.133. The standard InChI is InChI=1S/C15H11Cl2NO2/c1-10-6-13(17)15(7-12(10)16)20-8-11-4-2-3-5-14(11)18-9-19/h2-7H,8H2,1H3. The molecule has 0 saturated heterocycles. The zero-order valence-electron chi connectivity index (χ0n) is 10.7. The number of aryl methyl sites for hydroxylation is 1. The highest BCUT2D eigenvalue weighted by atomic mass is 35.5. The molecule has 0 atom stereocenters. The SMILES string of the molecule is Cc1cc(Cl)c(OCc2ccccc2N=C=O)cc1Cl. The van der Waals surface area contributed by atoms with Crippen molar-refractivity contribution in [3.63, 3.8) is 0 Å². The Morgan fingerprint density at radius 3 is 2.70 bits per heavy atom. The highest BCUT2D eigenvalue weighted by Gasteiger charge is 2.07. The van der Waals surface area contributed by atoms with Crippen molar-refractivity contribution in [1.82, 2.24) is 0 Å². The van der Waals surface area contributed by atoms with Crippen LogP contribution in [-0.4, -0.2) is 6.08 Å². The third-order valence-electron chi connectivity index (χ3n) is 2.75. The Hall–Kier alpha value is -1.80. The predicted octanol–water partition coefficient (Wildman–Crippen LogP) is 4.85. The number of isocyanates is 1. The molecule has 20 heavy (non-hydrogen) atoms. The van der Waals surface area contributed by atoms with Crippen LogP contribution in [-0.2, 0) is 11.4 Å². The molecule has 2 aromatic carbocycles. The highest BCUT2D eigenvalue weighted by molar-refractivity contribution is 6.34. The molecule has 2 rings (SSSR count). The zero-order valence-corrected chi connectivity index (χ0v) is 12.2. The normalized spacial score (nSPS) is 9.95. The summed E-state index contributed by atoms with van der Waals surface area (Å²) in [6.45, 7) is 2.10. The summed E-state index contributed by atoms with van der Waals surface area (Å²) in [5, 5.41) is 1.08. The Kier molecular flexibility index (Phi) is 4.80. The molecular formula is C15H11Cl2NO2. The van der Waals surface area contributed by atoms with Crippen molar-refractivity contribution in [2.24, 2.45) is 4.99 Å². The van der Waals surface area contributed by atoms with Gasteiger partial charge in [0.2, 0.25) is 6.08 Å². The summed E-state index contributed by atoms with van der Waals surface area (Å²) in [6.07, 6.45) is 1.52. The van der Waals surface area contributed by atoms with E-state index >= 15 is 0 Å². The predicted molar refractivity (Wildman–Crippen MR) is 79.8 cm³/mol. The van der Waals surface area contributed by atoms with Crippen molar-refractivity contribution in [2.45, 2.75) is 13.5 Å². The molecule has 0 aliphatic carbocycles. The summed E-state index contributed by atoms with van der Waals surface area (Å²) < 4.78 is 5.64. The minimum Gasteiger partial charge on any atom is -0.487 e. The molecule has 0 saturated carbocycles. The van der Waals surface area contributed by atoms with Crippen LogP contribution in [0.25, 0.3) is 0 Å². The van der Waals surface area contributed by atoms with Gasteiger partial charge in [-0.3, -0.25) is 0 Å². The smallest absolute Gasteiger partial charge is 0.240 e. The van der Waals surface area contributed by atoms with E-state index in [4.69, 9.17) is 27.9 Å². The molecule has 3 nitrogen and oxygen atoms in total. The van der Waals surface area contributed by atoms with E-state index in [1.54, 1.807) is 24.3 Å². The van der Waals surface area contributed by atoms with E-state index in [0.29, 0.717) is 21.5 Å². The molecule has 2 aromatic rings. The number of halogens is 2. The van der Waals surface area contributed by atoms with Crippen molar-refractivity contribution in [1.29, 1.82) is 0 Å². The monoisotopic (exact) mass is 307 g/mol. The van der Waals surface area contributed by atoms with Crippen molar-refractivity contribution in [3.05, 3.63) is 57.6 Å². The fourth-order valence-electron chi connectivity index (χ4n) is 1.69. The van der Waals surface area contributed by atoms with Crippen LogP contribution in [0.3, 0.4) is 0 Å². The summed E-state index contributed by atoms with van der Waals surface area (Å²) in [7, 11) is 0. The maximum atomic E-state index is 10.4. The molecule has 0 aliphatic heterocycles. The summed E-state index contributed by atoms with van der Waals surface area (Å²) in [6, 6.07) is 10.6. The van der Waals surface area contributed by atoms with Crippen LogP contribution in [0.2, 0.25) is 10.0 Å². The van der Waals surface area contributed by atoms with Crippen molar-refractivity contribution in [2.75, 3.05) is 0 Å². The Morgan fingerprint density at radius 1 is 1.20 bits per heavy atom. The number of aliphatic imine (C=N–C) groups is 1. The molecule has 5 heteroatoms. The van der Waals surface area contributed by atoms with Crippen LogP contribution in [0.4, 0.5) is 5.69 Å². The topological polar surface area (TPSA) is 38.7 Å². The second-order valence-corrected chi connectivity index (χ2v) is 4.97. The van der Waals surface area contributed by atoms with Gasteiger partial charge in [-0.05, 0) is 24.6 Å². The van der Waals surface area contributed by atoms with E-state index < -0.39 is 0 Å². The number of carbonyl (C=O) groups excluding carboxylic acids is 1. The first-order valence-corrected chi connectivity index (χ1v) is 6.61. The van der Waals surface area contributed by atoms with Crippen LogP contribution in [0.15, 0.2) is 41.4 Å². The third-order valence-corrected chi connectivity index (χ3v) is 3.46. The molecule has 0 N–H and O–H groups in total. The number of hydrogen-bond acceptors (Lipinski definition) is 3. The Labute approximate surface area is 126 Å². The van der Waals surface area contributed by atoms with Gasteiger partial charge in [-0.2, -0.15) is 4.99 Å². The molecule has 0 heterocycles. The van der Waals surface area contributed by atoms with Crippen molar-refractivity contribution in [3.8, 4) is 5.75 Å². The van der Waals surface area contributed by atoms with Crippen LogP contribution in [0.5, 0.6) is 5.75 Å². The molecule has 0 amide bonds. The lowest BCUT2D eigenvalue weighted by molar-refractivity contribution is 0.307. The lowest BCUT2D eigenvalue weighted by Crippen LogP contribution is -1.97. The zero-order chi connectivity index (χ0) is 14.5. The maximum Gasteiger partial charge on any atom is 0.240 e. The number of benzene rings is 2. The van der Waals surface area contributed by atoms with Crippen LogP contribution < -0.4 is 4.74 Å². The lowest BCUT2D eigenvalue weighted by atomic mass is 10.2. The minimum absolute atomic E-state index is 0.237. The van der Waals surface area contributed by atoms with Crippen molar-refractivity contribution >= 4 is 35.0 Å². The first-order valence-electron chi connectivity index (χ1n) is 5.86. The summed E-state index contributed by atoms with van der Waals surface area (Å²) >= 11 is 12.1. The second-order valence-electron chi connectivity index (χ2n) is 4.15. The first-order chi connectivity index (χ1) is 9.61. The number of hydrogen-bond donors (Lipinski definition) is 0. The average molecular weight is 308 g/mol. The van der Waals surface area contributed by atoms with Gasteiger partial charge in [-0.25, -0.2) is 4.79 Å². The van der Waals surface area contributed by atoms with E-state index in [0.717, 1.165) is 11.1 Å². The third kappa shape index (κ3) is 3.40. The Bertz CT molecular complexity index is 680. The first kappa shape index (κ1) is 14.6. The average Bonchev–Trinajstić information content (AvgIpc) is 2.43. The van der Waals surface area contributed by atoms with E-state index in [9.17, 15) is 4.79 Å². The molecule has 0 aliphatic rings. The van der Waals surface area contributed by atoms with E-state index in [-0.39, 0.29) is 6.61 Å². The Balaban J connectivity index is 2.21. The van der Waals surface area contributed by atoms with Gasteiger partial charge in [0.05, 0.1) is 10.7 Å². The molecule has 0 fully saturated rings. The van der Waals surface area contributed by atoms with Gasteiger partial charge in [0.15, 0.2) is 0 Å². The molecule has 0 radical (unpaired) electrons. The molecule has 0 unspecified atom stereocenters. The molecule has 0 spiro atoms. The fourth-order valence-corrected chi connectivity index (χ4v) is 2.11. The van der Waals surface area contributed by atoms with Gasteiger partial charge in [-0.15, -0.1) is 0 Å². The van der Waals surface area contributed by atoms with Crippen molar-refractivity contribution < 1.29 is 9.53 Å². The maximum absolute atomic E-state index is 10.4. The summed E-state index contributed by atoms with van der Waals surface area (Å²) in [5.74, 6) is 0.493. The highest BCUT2D eigenvalue weighted by Crippen LogP contribution is 2.31. The molecular weight excluding hydrogens is 297 g/mol. The lowest BCUT2D eigenvalue weighted by Gasteiger charge is -2.11. The summed E-state index contributed by atoms with van der Waals surface area (Å²) in [5.41, 5.74) is 2.18. The van der Waals surface area contributed by atoms with Gasteiger partial charge in [0, 0.05) is 16.7 Å². The largest absolute Gasteiger partial charge is 0.487 e. The van der Waals surface area contributed by atoms with E-state index in [2.05, 4.69) is 4.99 Å². The quantitative estimate of drug-likeness (QED) is 0.598. The number of nitrogens with zero attached hydrogens (tertiary/aromatic N) is 1. The van der Waals surface area contributed by atoms with Crippen LogP contribution >= 0.6 is 23.2 Å². The van der Waals surface area contributed by atoms with Gasteiger partial charge in [0.1, 0.15) is 12.4 Å². The van der Waals surface area contributed by atoms with E-state index in [1.807, 2.05) is 19.1 Å². The summed E-state index contributed by atoms with van der Waals surface area (Å²) in [4.78, 5) is 14.0. The molecule has 0 bridgehead atoms. The molecule has 102 valence electrons. The van der Waals surface area contributed by atoms with Crippen LogP contribution in [0, 0.1) is 6.92 Å². The minimum atomic E-state index is 0.237. The second kappa shape index (κ2) is 6.58. The van der Waals surface area contributed by atoms with Gasteiger partial charge in [0.25, 0.3) is 0 Å². The number of para-hydroxylation sites is 1. The molecule has 0 aromatic heterocycles. The Morgan fingerprint density at radius 2 is 1.95 bits per heavy atom. The van der Waals surface area contributed by atoms with Crippen LogP contribution in [0.1, 0.15) is 11.1 Å². The number of rotatable bonds is 4. The number of ether oxygens (including phenoxy) is 1. The van der Waals surface area contributed by atoms with Gasteiger partial charge < -0.3 is 4.74 Å². The van der Waals surface area contributed by atoms with Gasteiger partial charge in [-0.1, -0.05) is 41.4 Å².